The van der Waals surface area contributed by atoms with Crippen LogP contribution >= 0.6 is 11.6 Å². The number of aromatic nitrogens is 2. The number of alkyl halides is 2. The van der Waals surface area contributed by atoms with Gasteiger partial charge >= 0.3 is 5.92 Å². The van der Waals surface area contributed by atoms with Crippen LogP contribution in [0.15, 0.2) is 72.9 Å². The zero-order valence-corrected chi connectivity index (χ0v) is 19.1. The third-order valence-corrected chi connectivity index (χ3v) is 5.64. The van der Waals surface area contributed by atoms with E-state index < -0.39 is 17.6 Å². The minimum atomic E-state index is -3.61. The Hall–Kier alpha value is -3.52. The summed E-state index contributed by atoms with van der Waals surface area (Å²) in [6.45, 7) is 2.23. The van der Waals surface area contributed by atoms with Crippen molar-refractivity contribution in [1.82, 2.24) is 15.1 Å². The predicted molar refractivity (Wildman–Crippen MR) is 124 cm³/mol. The van der Waals surface area contributed by atoms with Crippen molar-refractivity contribution in [3.05, 3.63) is 89.3 Å². The van der Waals surface area contributed by atoms with E-state index in [-0.39, 0.29) is 12.2 Å². The van der Waals surface area contributed by atoms with E-state index in [1.165, 1.54) is 12.1 Å². The van der Waals surface area contributed by atoms with Crippen molar-refractivity contribution in [3.63, 3.8) is 0 Å². The second kappa shape index (κ2) is 9.02. The van der Waals surface area contributed by atoms with E-state index in [9.17, 15) is 18.0 Å². The molecule has 4 rings (SSSR count). The van der Waals surface area contributed by atoms with Gasteiger partial charge < -0.3 is 10.1 Å². The molecular weight excluding hydrogens is 467 g/mol. The van der Waals surface area contributed by atoms with Crippen LogP contribution in [0.25, 0.3) is 16.6 Å². The summed E-state index contributed by atoms with van der Waals surface area (Å²) in [5, 5.41) is 7.79. The highest BCUT2D eigenvalue weighted by molar-refractivity contribution is 6.30. The summed E-state index contributed by atoms with van der Waals surface area (Å²) in [6.07, 6.45) is 1.75. The molecule has 0 bridgehead atoms. The Balaban J connectivity index is 1.74. The van der Waals surface area contributed by atoms with Crippen LogP contribution < -0.4 is 10.1 Å². The number of nitrogens with one attached hydrogen (secondary N) is 1. The lowest BCUT2D eigenvalue weighted by Crippen LogP contribution is -2.54. The largest absolute Gasteiger partial charge is 0.464 e. The number of rotatable bonds is 7. The van der Waals surface area contributed by atoms with Gasteiger partial charge in [-0.3, -0.25) is 4.79 Å². The van der Waals surface area contributed by atoms with Crippen molar-refractivity contribution >= 4 is 28.4 Å². The highest BCUT2D eigenvalue weighted by Crippen LogP contribution is 2.33. The van der Waals surface area contributed by atoms with Crippen LogP contribution in [0.3, 0.4) is 0 Å². The van der Waals surface area contributed by atoms with E-state index in [4.69, 9.17) is 16.3 Å². The number of fused-ring (bicyclic) bond motifs is 1. The lowest BCUT2D eigenvalue weighted by atomic mass is 9.99. The van der Waals surface area contributed by atoms with Crippen LogP contribution in [-0.4, -0.2) is 21.6 Å². The smallest absolute Gasteiger partial charge is 0.322 e. The van der Waals surface area contributed by atoms with E-state index in [2.05, 4.69) is 10.4 Å². The molecule has 1 aromatic heterocycles. The summed E-state index contributed by atoms with van der Waals surface area (Å²) >= 11 is 6.14. The summed E-state index contributed by atoms with van der Waals surface area (Å²) in [5.74, 6) is -5.11. The molecule has 176 valence electrons. The average molecular weight is 488 g/mol. The molecule has 9 heteroatoms. The van der Waals surface area contributed by atoms with Crippen molar-refractivity contribution < 1.29 is 22.7 Å². The minimum Gasteiger partial charge on any atom is -0.464 e. The monoisotopic (exact) mass is 487 g/mol. The normalized spacial score (nSPS) is 13.5. The molecule has 1 heterocycles. The number of benzene rings is 3. The fraction of sp³-hybridized carbons (Fsp3) is 0.200. The van der Waals surface area contributed by atoms with Crippen molar-refractivity contribution in [2.45, 2.75) is 31.9 Å². The standard InChI is InChI=1S/C25H21ClF3N3O2/c1-3-25(31-23(33)24(2,28)29,17-5-4-6-18(26)14-17)34-21-11-12-22-16(13-21)15-30-32(22)20-9-7-19(27)8-10-20/h4-15H,3H2,1-2H3,(H,31,33). The van der Waals surface area contributed by atoms with Crippen LogP contribution in [-0.2, 0) is 10.5 Å². The van der Waals surface area contributed by atoms with Gasteiger partial charge in [-0.15, -0.1) is 0 Å². The van der Waals surface area contributed by atoms with Gasteiger partial charge in [0.05, 0.1) is 17.4 Å². The molecule has 1 unspecified atom stereocenters. The first-order chi connectivity index (χ1) is 16.1. The lowest BCUT2D eigenvalue weighted by Gasteiger charge is -2.35. The van der Waals surface area contributed by atoms with Gasteiger partial charge in [0.2, 0.25) is 5.72 Å². The topological polar surface area (TPSA) is 56.1 Å². The fourth-order valence-electron chi connectivity index (χ4n) is 3.62. The van der Waals surface area contributed by atoms with Crippen molar-refractivity contribution in [3.8, 4) is 11.4 Å². The Morgan fingerprint density at radius 3 is 2.50 bits per heavy atom. The molecule has 3 aromatic carbocycles. The second-order valence-corrected chi connectivity index (χ2v) is 8.33. The molecular formula is C25H21ClF3N3O2. The van der Waals surface area contributed by atoms with Crippen LogP contribution in [0.4, 0.5) is 13.2 Å². The molecule has 0 aliphatic rings. The zero-order chi connectivity index (χ0) is 24.5. The molecule has 1 amide bonds. The van der Waals surface area contributed by atoms with Crippen molar-refractivity contribution in [1.29, 1.82) is 0 Å². The molecule has 1 atom stereocenters. The predicted octanol–water partition coefficient (Wildman–Crippen LogP) is 6.23. The maximum atomic E-state index is 13.8. The molecule has 0 aliphatic carbocycles. The number of carbonyl (C=O) groups excluding carboxylic acids is 1. The first-order valence-electron chi connectivity index (χ1n) is 10.5. The zero-order valence-electron chi connectivity index (χ0n) is 18.4. The third-order valence-electron chi connectivity index (χ3n) is 5.41. The van der Waals surface area contributed by atoms with Crippen LogP contribution in [0.5, 0.6) is 5.75 Å². The summed E-state index contributed by atoms with van der Waals surface area (Å²) in [4.78, 5) is 12.3. The first-order valence-corrected chi connectivity index (χ1v) is 10.9. The number of nitrogens with zero attached hydrogens (tertiary/aromatic N) is 2. The quantitative estimate of drug-likeness (QED) is 0.314. The molecule has 0 fully saturated rings. The third kappa shape index (κ3) is 4.72. The van der Waals surface area contributed by atoms with E-state index in [0.29, 0.717) is 34.3 Å². The number of ether oxygens (including phenoxy) is 1. The Kier molecular flexibility index (Phi) is 6.27. The summed E-state index contributed by atoms with van der Waals surface area (Å²) in [5.41, 5.74) is 0.224. The Morgan fingerprint density at radius 2 is 1.85 bits per heavy atom. The highest BCUT2D eigenvalue weighted by atomic mass is 35.5. The van der Waals surface area contributed by atoms with Crippen molar-refractivity contribution in [2.24, 2.45) is 0 Å². The van der Waals surface area contributed by atoms with Crippen LogP contribution in [0, 0.1) is 5.82 Å². The Labute approximate surface area is 199 Å². The maximum Gasteiger partial charge on any atom is 0.322 e. The van der Waals surface area contributed by atoms with E-state index in [1.807, 2.05) is 0 Å². The van der Waals surface area contributed by atoms with Gasteiger partial charge in [0, 0.05) is 29.3 Å². The SMILES string of the molecule is CCC(NC(=O)C(C)(F)F)(Oc1ccc2c(cnn2-c2ccc(F)cc2)c1)c1cccc(Cl)c1. The van der Waals surface area contributed by atoms with Gasteiger partial charge in [0.25, 0.3) is 5.91 Å². The highest BCUT2D eigenvalue weighted by Gasteiger charge is 2.42. The lowest BCUT2D eigenvalue weighted by molar-refractivity contribution is -0.150. The van der Waals surface area contributed by atoms with Gasteiger partial charge in [0.1, 0.15) is 11.6 Å². The van der Waals surface area contributed by atoms with Crippen molar-refractivity contribution in [2.75, 3.05) is 0 Å². The first kappa shape index (κ1) is 23.6. The molecule has 1 N–H and O–H groups in total. The van der Waals surface area contributed by atoms with Gasteiger partial charge in [-0.2, -0.15) is 13.9 Å². The fourth-order valence-corrected chi connectivity index (χ4v) is 3.81. The second-order valence-electron chi connectivity index (χ2n) is 7.89. The molecule has 5 nitrogen and oxygen atoms in total. The molecule has 4 aromatic rings. The summed E-state index contributed by atoms with van der Waals surface area (Å²) in [6, 6.07) is 17.5. The van der Waals surface area contributed by atoms with Gasteiger partial charge in [-0.1, -0.05) is 30.7 Å². The number of hydrogen-bond donors (Lipinski definition) is 1. The van der Waals surface area contributed by atoms with E-state index >= 15 is 0 Å². The number of hydrogen-bond acceptors (Lipinski definition) is 3. The molecule has 0 aliphatic heterocycles. The Bertz CT molecular complexity index is 1340. The molecule has 0 saturated heterocycles. The average Bonchev–Trinajstić information content (AvgIpc) is 3.21. The molecule has 0 radical (unpaired) electrons. The maximum absolute atomic E-state index is 13.8. The molecule has 34 heavy (non-hydrogen) atoms. The van der Waals surface area contributed by atoms with Gasteiger partial charge in [-0.05, 0) is 54.6 Å². The van der Waals surface area contributed by atoms with Crippen LogP contribution in [0.2, 0.25) is 5.02 Å². The Morgan fingerprint density at radius 1 is 1.12 bits per heavy atom. The number of amides is 1. The number of carbonyl (C=O) groups is 1. The molecule has 0 saturated carbocycles. The van der Waals surface area contributed by atoms with Crippen LogP contribution in [0.1, 0.15) is 25.8 Å². The molecule has 0 spiro atoms. The van der Waals surface area contributed by atoms with Gasteiger partial charge in [0.15, 0.2) is 0 Å². The minimum absolute atomic E-state index is 0.141. The van der Waals surface area contributed by atoms with Gasteiger partial charge in [-0.25, -0.2) is 9.07 Å². The summed E-state index contributed by atoms with van der Waals surface area (Å²) in [7, 11) is 0. The summed E-state index contributed by atoms with van der Waals surface area (Å²) < 4.78 is 48.7. The van der Waals surface area contributed by atoms with E-state index in [0.717, 1.165) is 5.52 Å². The number of halogens is 4. The van der Waals surface area contributed by atoms with E-state index in [1.54, 1.807) is 72.4 Å².